The van der Waals surface area contributed by atoms with Crippen molar-refractivity contribution in [1.29, 1.82) is 0 Å². The molecule has 0 spiro atoms. The number of nitrogens with one attached hydrogen (secondary N) is 2. The van der Waals surface area contributed by atoms with Gasteiger partial charge in [-0.05, 0) is 68.8 Å². The van der Waals surface area contributed by atoms with Gasteiger partial charge in [-0.25, -0.2) is 0 Å². The van der Waals surface area contributed by atoms with Gasteiger partial charge in [0.05, 0.1) is 6.61 Å². The van der Waals surface area contributed by atoms with E-state index in [4.69, 9.17) is 4.74 Å². The van der Waals surface area contributed by atoms with E-state index in [1.807, 2.05) is 12.1 Å². The van der Waals surface area contributed by atoms with E-state index in [0.717, 1.165) is 57.0 Å². The Bertz CT molecular complexity index is 473. The zero-order chi connectivity index (χ0) is 17.0. The van der Waals surface area contributed by atoms with Crippen LogP contribution in [0.1, 0.15) is 51.0 Å². The zero-order valence-corrected chi connectivity index (χ0v) is 16.2. The minimum absolute atomic E-state index is 0. The Morgan fingerprint density at radius 2 is 1.96 bits per heavy atom. The summed E-state index contributed by atoms with van der Waals surface area (Å²) in [4.78, 5) is 11.9. The van der Waals surface area contributed by atoms with E-state index < -0.39 is 0 Å². The van der Waals surface area contributed by atoms with Crippen LogP contribution in [0, 0.1) is 5.92 Å². The summed E-state index contributed by atoms with van der Waals surface area (Å²) in [7, 11) is 0. The van der Waals surface area contributed by atoms with Crippen molar-refractivity contribution >= 4 is 18.3 Å². The van der Waals surface area contributed by atoms with E-state index >= 15 is 0 Å². The van der Waals surface area contributed by atoms with Crippen molar-refractivity contribution in [1.82, 2.24) is 10.6 Å². The van der Waals surface area contributed by atoms with E-state index in [1.165, 1.54) is 18.4 Å². The lowest BCUT2D eigenvalue weighted by Crippen LogP contribution is -2.30. The molecule has 0 atom stereocenters. The lowest BCUT2D eigenvalue weighted by atomic mass is 9.93. The number of ether oxygens (including phenoxy) is 1. The summed E-state index contributed by atoms with van der Waals surface area (Å²) in [5, 5.41) is 6.40. The molecule has 1 aliphatic heterocycles. The first-order valence-corrected chi connectivity index (χ1v) is 9.47. The fourth-order valence-electron chi connectivity index (χ4n) is 3.03. The van der Waals surface area contributed by atoms with Gasteiger partial charge in [0.1, 0.15) is 5.75 Å². The average Bonchev–Trinajstić information content (AvgIpc) is 2.62. The third kappa shape index (κ3) is 9.13. The Labute approximate surface area is 158 Å². The fraction of sp³-hybridized carbons (Fsp3) is 0.650. The lowest BCUT2D eigenvalue weighted by Gasteiger charge is -2.22. The predicted molar refractivity (Wildman–Crippen MR) is 106 cm³/mol. The molecule has 1 amide bonds. The molecule has 1 aromatic rings. The first-order chi connectivity index (χ1) is 11.8. The van der Waals surface area contributed by atoms with Crippen LogP contribution < -0.4 is 15.4 Å². The van der Waals surface area contributed by atoms with Crippen LogP contribution >= 0.6 is 12.4 Å². The number of rotatable bonds is 10. The molecular formula is C20H33ClN2O2. The topological polar surface area (TPSA) is 50.4 Å². The van der Waals surface area contributed by atoms with Gasteiger partial charge in [0.2, 0.25) is 5.91 Å². The van der Waals surface area contributed by atoms with Crippen molar-refractivity contribution < 1.29 is 9.53 Å². The minimum Gasteiger partial charge on any atom is -0.494 e. The Kier molecular flexibility index (Phi) is 11.3. The number of hydrogen-bond acceptors (Lipinski definition) is 3. The Hall–Kier alpha value is -1.26. The molecule has 0 aromatic heterocycles. The van der Waals surface area contributed by atoms with Gasteiger partial charge in [0.25, 0.3) is 0 Å². The highest BCUT2D eigenvalue weighted by atomic mass is 35.5. The highest BCUT2D eigenvalue weighted by molar-refractivity contribution is 5.85. The van der Waals surface area contributed by atoms with Gasteiger partial charge < -0.3 is 15.4 Å². The first kappa shape index (κ1) is 21.8. The number of halogens is 1. The molecule has 1 aliphatic rings. The van der Waals surface area contributed by atoms with Crippen molar-refractivity contribution in [3.63, 3.8) is 0 Å². The van der Waals surface area contributed by atoms with Gasteiger partial charge in [0, 0.05) is 13.0 Å². The molecule has 4 nitrogen and oxygen atoms in total. The van der Waals surface area contributed by atoms with E-state index in [0.29, 0.717) is 13.0 Å². The molecule has 0 radical (unpaired) electrons. The molecule has 1 fully saturated rings. The first-order valence-electron chi connectivity index (χ1n) is 9.47. The van der Waals surface area contributed by atoms with Crippen LogP contribution in [0.25, 0.3) is 0 Å². The number of carbonyl (C=O) groups is 1. The number of hydrogen-bond donors (Lipinski definition) is 2. The lowest BCUT2D eigenvalue weighted by molar-refractivity contribution is -0.121. The van der Waals surface area contributed by atoms with Crippen LogP contribution in [0.5, 0.6) is 5.75 Å². The minimum atomic E-state index is 0. The van der Waals surface area contributed by atoms with Gasteiger partial charge >= 0.3 is 0 Å². The van der Waals surface area contributed by atoms with E-state index in [2.05, 4.69) is 29.7 Å². The highest BCUT2D eigenvalue weighted by Gasteiger charge is 2.14. The number of unbranched alkanes of at least 4 members (excludes halogenated alkanes) is 1. The van der Waals surface area contributed by atoms with Gasteiger partial charge in [-0.2, -0.15) is 0 Å². The molecule has 2 N–H and O–H groups in total. The number of benzene rings is 1. The summed E-state index contributed by atoms with van der Waals surface area (Å²) in [6.45, 7) is 5.85. The number of carbonyl (C=O) groups excluding carboxylic acids is 1. The standard InChI is InChI=1S/C20H32N2O2.ClH/c1-2-3-16-24-19-7-4-17(5-8-19)12-15-22-20(23)9-6-18-10-13-21-14-11-18;/h4-5,7-8,18,21H,2-3,6,9-16H2,1H3,(H,22,23);1H. The van der Waals surface area contributed by atoms with Gasteiger partial charge in [-0.15, -0.1) is 12.4 Å². The maximum Gasteiger partial charge on any atom is 0.220 e. The maximum atomic E-state index is 11.9. The van der Waals surface area contributed by atoms with E-state index in [-0.39, 0.29) is 18.3 Å². The summed E-state index contributed by atoms with van der Waals surface area (Å²) in [5.41, 5.74) is 1.23. The van der Waals surface area contributed by atoms with Crippen molar-refractivity contribution in [2.45, 2.75) is 51.9 Å². The Balaban J connectivity index is 0.00000312. The van der Waals surface area contributed by atoms with Crippen LogP contribution in [0.15, 0.2) is 24.3 Å². The van der Waals surface area contributed by atoms with E-state index in [1.54, 1.807) is 0 Å². The SMILES string of the molecule is CCCCOc1ccc(CCNC(=O)CCC2CCNCC2)cc1.Cl. The Morgan fingerprint density at radius 1 is 1.24 bits per heavy atom. The van der Waals surface area contributed by atoms with Crippen molar-refractivity contribution in [3.8, 4) is 5.75 Å². The smallest absolute Gasteiger partial charge is 0.220 e. The molecule has 5 heteroatoms. The normalized spacial score (nSPS) is 14.6. The van der Waals surface area contributed by atoms with Crippen LogP contribution in [-0.2, 0) is 11.2 Å². The van der Waals surface area contributed by atoms with Crippen LogP contribution in [0.4, 0.5) is 0 Å². The molecule has 25 heavy (non-hydrogen) atoms. The Morgan fingerprint density at radius 3 is 2.64 bits per heavy atom. The third-order valence-corrected chi connectivity index (χ3v) is 4.66. The number of piperidine rings is 1. The highest BCUT2D eigenvalue weighted by Crippen LogP contribution is 2.17. The molecule has 1 aromatic carbocycles. The summed E-state index contributed by atoms with van der Waals surface area (Å²) in [6.07, 6.45) is 7.21. The van der Waals surface area contributed by atoms with Gasteiger partial charge in [-0.1, -0.05) is 25.5 Å². The molecule has 0 bridgehead atoms. The summed E-state index contributed by atoms with van der Waals surface area (Å²) in [6, 6.07) is 8.21. The summed E-state index contributed by atoms with van der Waals surface area (Å²) in [5.74, 6) is 1.84. The largest absolute Gasteiger partial charge is 0.494 e. The monoisotopic (exact) mass is 368 g/mol. The fourth-order valence-corrected chi connectivity index (χ4v) is 3.03. The van der Waals surface area contributed by atoms with Crippen LogP contribution in [0.3, 0.4) is 0 Å². The van der Waals surface area contributed by atoms with Gasteiger partial charge in [0.15, 0.2) is 0 Å². The zero-order valence-electron chi connectivity index (χ0n) is 15.4. The molecule has 0 saturated carbocycles. The summed E-state index contributed by atoms with van der Waals surface area (Å²) < 4.78 is 5.66. The molecule has 142 valence electrons. The quantitative estimate of drug-likeness (QED) is 0.619. The van der Waals surface area contributed by atoms with E-state index in [9.17, 15) is 4.79 Å². The maximum absolute atomic E-state index is 11.9. The average molecular weight is 369 g/mol. The molecule has 0 unspecified atom stereocenters. The number of amides is 1. The van der Waals surface area contributed by atoms with Crippen LogP contribution in [-0.4, -0.2) is 32.1 Å². The second-order valence-electron chi connectivity index (χ2n) is 6.68. The van der Waals surface area contributed by atoms with Gasteiger partial charge in [-0.3, -0.25) is 4.79 Å². The molecule has 1 saturated heterocycles. The molecular weight excluding hydrogens is 336 g/mol. The predicted octanol–water partition coefficient (Wildman–Crippen LogP) is 3.73. The summed E-state index contributed by atoms with van der Waals surface area (Å²) >= 11 is 0. The second-order valence-corrected chi connectivity index (χ2v) is 6.68. The molecule has 1 heterocycles. The molecule has 0 aliphatic carbocycles. The second kappa shape index (κ2) is 13.0. The van der Waals surface area contributed by atoms with Crippen molar-refractivity contribution in [3.05, 3.63) is 29.8 Å². The molecule has 2 rings (SSSR count). The van der Waals surface area contributed by atoms with Crippen LogP contribution in [0.2, 0.25) is 0 Å². The third-order valence-electron chi connectivity index (χ3n) is 4.66. The van der Waals surface area contributed by atoms with Crippen molar-refractivity contribution in [2.75, 3.05) is 26.2 Å². The van der Waals surface area contributed by atoms with Crippen molar-refractivity contribution in [2.24, 2.45) is 5.92 Å².